The minimum absolute atomic E-state index is 0.0403. The average molecular weight is 335 g/mol. The lowest BCUT2D eigenvalue weighted by molar-refractivity contribution is -0.119. The van der Waals surface area contributed by atoms with E-state index in [1.165, 1.54) is 18.4 Å². The van der Waals surface area contributed by atoms with Crippen LogP contribution in [-0.4, -0.2) is 25.2 Å². The molecule has 18 heavy (non-hydrogen) atoms. The maximum Gasteiger partial charge on any atom is 0.407 e. The Kier molecular flexibility index (Phi) is 5.61. The fraction of sp³-hybridized carbons (Fsp3) is 0.455. The summed E-state index contributed by atoms with van der Waals surface area (Å²) in [6.07, 6.45) is -0.617. The fourth-order valence-corrected chi connectivity index (χ4v) is 2.63. The zero-order valence-corrected chi connectivity index (χ0v) is 12.7. The van der Waals surface area contributed by atoms with E-state index in [1.807, 2.05) is 24.6 Å². The summed E-state index contributed by atoms with van der Waals surface area (Å²) in [6.45, 7) is 3.70. The number of alkyl carbamates (subject to hydrolysis) is 1. The molecule has 5 nitrogen and oxygen atoms in total. The van der Waals surface area contributed by atoms with Gasteiger partial charge in [-0.3, -0.25) is 4.79 Å². The van der Waals surface area contributed by atoms with Crippen LogP contribution in [0.2, 0.25) is 0 Å². The van der Waals surface area contributed by atoms with Gasteiger partial charge in [0.05, 0.1) is 17.3 Å². The Hall–Kier alpha value is -1.08. The van der Waals surface area contributed by atoms with E-state index in [4.69, 9.17) is 0 Å². The predicted molar refractivity (Wildman–Crippen MR) is 74.8 cm³/mol. The lowest BCUT2D eigenvalue weighted by Gasteiger charge is -2.20. The molecule has 0 aliphatic carbocycles. The van der Waals surface area contributed by atoms with Gasteiger partial charge in [0.2, 0.25) is 5.91 Å². The zero-order valence-electron chi connectivity index (χ0n) is 10.3. The first-order valence-corrected chi connectivity index (χ1v) is 7.06. The van der Waals surface area contributed by atoms with E-state index in [9.17, 15) is 9.59 Å². The first kappa shape index (κ1) is 15.0. The molecule has 1 aromatic heterocycles. The largest absolute Gasteiger partial charge is 0.453 e. The molecule has 1 aromatic rings. The molecule has 0 aliphatic heterocycles. The summed E-state index contributed by atoms with van der Waals surface area (Å²) in [5.74, 6) is -0.309. The van der Waals surface area contributed by atoms with Crippen molar-refractivity contribution in [2.75, 3.05) is 12.4 Å². The highest BCUT2D eigenvalue weighted by atomic mass is 79.9. The Morgan fingerprint density at radius 2 is 2.06 bits per heavy atom. The van der Waals surface area contributed by atoms with Crippen molar-refractivity contribution in [3.05, 3.63) is 15.2 Å². The smallest absolute Gasteiger partial charge is 0.407 e. The standard InChI is InChI=1S/C11H15BrN2O3S/c1-6(2)9(14-11(16)17-3)10(15)13-8-5-18-4-7(8)12/h4-6,9H,1-3H3,(H,13,15)(H,14,16)/t9-/m0/s1. The van der Waals surface area contributed by atoms with Crippen molar-refractivity contribution < 1.29 is 14.3 Å². The van der Waals surface area contributed by atoms with Gasteiger partial charge < -0.3 is 15.4 Å². The Labute approximate surface area is 118 Å². The van der Waals surface area contributed by atoms with Crippen LogP contribution in [0.15, 0.2) is 15.2 Å². The molecule has 1 rings (SSSR count). The SMILES string of the molecule is COC(=O)N[C@H](C(=O)Nc1cscc1Br)C(C)C. The number of hydrogen-bond acceptors (Lipinski definition) is 4. The molecule has 0 saturated heterocycles. The van der Waals surface area contributed by atoms with Crippen molar-refractivity contribution in [3.63, 3.8) is 0 Å². The van der Waals surface area contributed by atoms with Gasteiger partial charge in [0.15, 0.2) is 0 Å². The van der Waals surface area contributed by atoms with Gasteiger partial charge in [-0.1, -0.05) is 13.8 Å². The van der Waals surface area contributed by atoms with Crippen LogP contribution in [0.1, 0.15) is 13.8 Å². The molecule has 0 radical (unpaired) electrons. The lowest BCUT2D eigenvalue weighted by Crippen LogP contribution is -2.47. The zero-order chi connectivity index (χ0) is 13.7. The maximum absolute atomic E-state index is 12.1. The Morgan fingerprint density at radius 1 is 1.39 bits per heavy atom. The summed E-state index contributed by atoms with van der Waals surface area (Å²) in [4.78, 5) is 23.2. The first-order valence-electron chi connectivity index (χ1n) is 5.32. The maximum atomic E-state index is 12.1. The highest BCUT2D eigenvalue weighted by molar-refractivity contribution is 9.10. The fourth-order valence-electron chi connectivity index (χ4n) is 1.30. The van der Waals surface area contributed by atoms with E-state index >= 15 is 0 Å². The van der Waals surface area contributed by atoms with Crippen LogP contribution in [0.4, 0.5) is 10.5 Å². The summed E-state index contributed by atoms with van der Waals surface area (Å²) >= 11 is 4.80. The summed E-state index contributed by atoms with van der Waals surface area (Å²) in [5, 5.41) is 8.95. The summed E-state index contributed by atoms with van der Waals surface area (Å²) in [6, 6.07) is -0.635. The van der Waals surface area contributed by atoms with Crippen molar-refractivity contribution in [1.82, 2.24) is 5.32 Å². The van der Waals surface area contributed by atoms with E-state index in [2.05, 4.69) is 31.3 Å². The predicted octanol–water partition coefficient (Wildman–Crippen LogP) is 2.83. The molecule has 0 spiro atoms. The number of ether oxygens (including phenoxy) is 1. The molecule has 1 heterocycles. The third-order valence-corrected chi connectivity index (χ3v) is 3.98. The minimum atomic E-state index is -0.635. The Bertz CT molecular complexity index is 434. The molecular formula is C11H15BrN2O3S. The third kappa shape index (κ3) is 3.99. The molecule has 0 bridgehead atoms. The van der Waals surface area contributed by atoms with Gasteiger partial charge in [0, 0.05) is 10.8 Å². The van der Waals surface area contributed by atoms with Crippen LogP contribution in [0.5, 0.6) is 0 Å². The topological polar surface area (TPSA) is 67.4 Å². The van der Waals surface area contributed by atoms with Crippen LogP contribution in [0, 0.1) is 5.92 Å². The van der Waals surface area contributed by atoms with E-state index in [0.717, 1.165) is 4.47 Å². The average Bonchev–Trinajstić information content (AvgIpc) is 2.71. The highest BCUT2D eigenvalue weighted by Crippen LogP contribution is 2.26. The molecule has 2 N–H and O–H groups in total. The molecule has 0 unspecified atom stereocenters. The lowest BCUT2D eigenvalue weighted by atomic mass is 10.0. The van der Waals surface area contributed by atoms with Crippen molar-refractivity contribution in [2.45, 2.75) is 19.9 Å². The van der Waals surface area contributed by atoms with Crippen LogP contribution < -0.4 is 10.6 Å². The molecule has 0 aromatic carbocycles. The third-order valence-electron chi connectivity index (χ3n) is 2.28. The van der Waals surface area contributed by atoms with Crippen molar-refractivity contribution in [3.8, 4) is 0 Å². The second-order valence-electron chi connectivity index (χ2n) is 3.98. The number of halogens is 1. The van der Waals surface area contributed by atoms with Crippen molar-refractivity contribution >= 4 is 45.0 Å². The molecule has 0 fully saturated rings. The number of rotatable bonds is 4. The number of thiophene rings is 1. The summed E-state index contributed by atoms with van der Waals surface area (Å²) < 4.78 is 5.32. The minimum Gasteiger partial charge on any atom is -0.453 e. The van der Waals surface area contributed by atoms with E-state index < -0.39 is 12.1 Å². The molecule has 7 heteroatoms. The summed E-state index contributed by atoms with van der Waals surface area (Å²) in [5.41, 5.74) is 0.697. The molecule has 0 aliphatic rings. The second kappa shape index (κ2) is 6.75. The van der Waals surface area contributed by atoms with Crippen LogP contribution in [0.25, 0.3) is 0 Å². The number of amides is 2. The van der Waals surface area contributed by atoms with E-state index in [0.29, 0.717) is 5.69 Å². The quantitative estimate of drug-likeness (QED) is 0.889. The van der Waals surface area contributed by atoms with Gasteiger partial charge in [-0.2, -0.15) is 0 Å². The second-order valence-corrected chi connectivity index (χ2v) is 5.58. The Morgan fingerprint density at radius 3 is 2.50 bits per heavy atom. The molecular weight excluding hydrogens is 320 g/mol. The number of methoxy groups -OCH3 is 1. The van der Waals surface area contributed by atoms with Crippen molar-refractivity contribution in [2.24, 2.45) is 5.92 Å². The van der Waals surface area contributed by atoms with E-state index in [1.54, 1.807) is 0 Å². The van der Waals surface area contributed by atoms with Crippen LogP contribution in [0.3, 0.4) is 0 Å². The van der Waals surface area contributed by atoms with Gasteiger partial charge in [0.25, 0.3) is 0 Å². The number of anilines is 1. The van der Waals surface area contributed by atoms with Gasteiger partial charge in [-0.15, -0.1) is 11.3 Å². The van der Waals surface area contributed by atoms with Crippen LogP contribution >= 0.6 is 27.3 Å². The van der Waals surface area contributed by atoms with Gasteiger partial charge in [-0.25, -0.2) is 4.79 Å². The first-order chi connectivity index (χ1) is 8.45. The summed E-state index contributed by atoms with van der Waals surface area (Å²) in [7, 11) is 1.26. The number of nitrogens with one attached hydrogen (secondary N) is 2. The van der Waals surface area contributed by atoms with Gasteiger partial charge in [0.1, 0.15) is 6.04 Å². The number of hydrogen-bond donors (Lipinski definition) is 2. The van der Waals surface area contributed by atoms with Crippen LogP contribution in [-0.2, 0) is 9.53 Å². The number of carbonyl (C=O) groups excluding carboxylic acids is 2. The number of carbonyl (C=O) groups is 2. The molecule has 2 amide bonds. The van der Waals surface area contributed by atoms with E-state index in [-0.39, 0.29) is 11.8 Å². The van der Waals surface area contributed by atoms with Gasteiger partial charge in [-0.05, 0) is 21.8 Å². The monoisotopic (exact) mass is 334 g/mol. The van der Waals surface area contributed by atoms with Gasteiger partial charge >= 0.3 is 6.09 Å². The normalized spacial score (nSPS) is 12.1. The Balaban J connectivity index is 2.71. The molecule has 0 saturated carbocycles. The van der Waals surface area contributed by atoms with Crippen molar-refractivity contribution in [1.29, 1.82) is 0 Å². The molecule has 100 valence electrons. The molecule has 1 atom stereocenters. The highest BCUT2D eigenvalue weighted by Gasteiger charge is 2.25.